The van der Waals surface area contributed by atoms with Gasteiger partial charge in [-0.25, -0.2) is 0 Å². The molecule has 1 aromatic rings. The molecule has 1 unspecified atom stereocenters. The zero-order valence-corrected chi connectivity index (χ0v) is 21.5. The van der Waals surface area contributed by atoms with Gasteiger partial charge in [0.25, 0.3) is 0 Å². The van der Waals surface area contributed by atoms with E-state index < -0.39 is 0 Å². The summed E-state index contributed by atoms with van der Waals surface area (Å²) in [6.45, 7) is 5.66. The molecule has 8 heteroatoms. The van der Waals surface area contributed by atoms with Gasteiger partial charge in [0, 0.05) is 45.7 Å². The predicted octanol–water partition coefficient (Wildman–Crippen LogP) is 2.94. The van der Waals surface area contributed by atoms with Crippen LogP contribution in [0.3, 0.4) is 0 Å². The van der Waals surface area contributed by atoms with Crippen LogP contribution in [0.1, 0.15) is 30.4 Å². The van der Waals surface area contributed by atoms with E-state index in [1.54, 1.807) is 23.7 Å². The predicted molar refractivity (Wildman–Crippen MR) is 134 cm³/mol. The Hall–Kier alpha value is -1.000. The molecule has 164 valence electrons. The number of guanidine groups is 1. The van der Waals surface area contributed by atoms with Gasteiger partial charge in [-0.05, 0) is 56.2 Å². The fraction of sp³-hybridized carbons (Fsp3) is 0.619. The van der Waals surface area contributed by atoms with Crippen molar-refractivity contribution < 1.29 is 4.79 Å². The van der Waals surface area contributed by atoms with Crippen LogP contribution in [-0.4, -0.2) is 74.7 Å². The first-order valence-electron chi connectivity index (χ1n) is 9.99. The zero-order valence-electron chi connectivity index (χ0n) is 18.3. The second-order valence-electron chi connectivity index (χ2n) is 7.45. The van der Waals surface area contributed by atoms with Crippen molar-refractivity contribution >= 4 is 47.6 Å². The highest BCUT2D eigenvalue weighted by molar-refractivity contribution is 14.0. The van der Waals surface area contributed by atoms with Crippen LogP contribution in [0.2, 0.25) is 0 Å². The summed E-state index contributed by atoms with van der Waals surface area (Å²) in [7, 11) is 5.48. The van der Waals surface area contributed by atoms with Crippen LogP contribution in [0.5, 0.6) is 0 Å². The highest BCUT2D eigenvalue weighted by Gasteiger charge is 2.30. The molecular weight excluding hydrogens is 497 g/mol. The molecule has 0 aliphatic carbocycles. The first-order valence-corrected chi connectivity index (χ1v) is 11.2. The summed E-state index contributed by atoms with van der Waals surface area (Å²) >= 11 is 1.77. The number of nitrogens with zero attached hydrogens (tertiary/aromatic N) is 3. The number of hydrogen-bond donors (Lipinski definition) is 2. The van der Waals surface area contributed by atoms with Gasteiger partial charge in [0.2, 0.25) is 5.91 Å². The molecule has 0 bridgehead atoms. The second-order valence-corrected chi connectivity index (χ2v) is 8.30. The van der Waals surface area contributed by atoms with Crippen LogP contribution in [-0.2, 0) is 11.3 Å². The number of thioether (sulfide) groups is 1. The van der Waals surface area contributed by atoms with Crippen molar-refractivity contribution in [2.75, 3.05) is 47.0 Å². The Bertz CT molecular complexity index is 683. The van der Waals surface area contributed by atoms with Crippen molar-refractivity contribution in [3.05, 3.63) is 29.3 Å². The van der Waals surface area contributed by atoms with Gasteiger partial charge in [-0.3, -0.25) is 14.7 Å². The summed E-state index contributed by atoms with van der Waals surface area (Å²) in [5.41, 5.74) is 2.56. The molecule has 0 saturated carbocycles. The van der Waals surface area contributed by atoms with Crippen molar-refractivity contribution in [2.45, 2.75) is 43.7 Å². The van der Waals surface area contributed by atoms with Gasteiger partial charge in [-0.15, -0.1) is 35.7 Å². The zero-order chi connectivity index (χ0) is 20.5. The normalized spacial score (nSPS) is 17.0. The number of hydrogen-bond acceptors (Lipinski definition) is 4. The van der Waals surface area contributed by atoms with Crippen LogP contribution < -0.4 is 10.6 Å². The van der Waals surface area contributed by atoms with E-state index in [1.165, 1.54) is 16.0 Å². The monoisotopic (exact) mass is 533 g/mol. The molecular formula is C21H36IN5OS. The molecule has 1 aliphatic heterocycles. The lowest BCUT2D eigenvalue weighted by Crippen LogP contribution is -2.44. The fourth-order valence-corrected chi connectivity index (χ4v) is 4.26. The quantitative estimate of drug-likeness (QED) is 0.177. The SMILES string of the molecule is CN=C(NCCCN1CCCC1C(=O)N(C)C)NCc1ccc(C)cc1SC.I. The molecule has 1 aliphatic rings. The summed E-state index contributed by atoms with van der Waals surface area (Å²) in [6.07, 6.45) is 5.17. The van der Waals surface area contributed by atoms with Gasteiger partial charge < -0.3 is 15.5 Å². The number of carbonyl (C=O) groups excluding carboxylic acids is 1. The van der Waals surface area contributed by atoms with E-state index in [1.807, 2.05) is 14.1 Å². The molecule has 1 aromatic carbocycles. The van der Waals surface area contributed by atoms with Gasteiger partial charge in [-0.2, -0.15) is 0 Å². The minimum atomic E-state index is 0. The van der Waals surface area contributed by atoms with E-state index in [-0.39, 0.29) is 35.9 Å². The summed E-state index contributed by atoms with van der Waals surface area (Å²) in [5.74, 6) is 1.04. The smallest absolute Gasteiger partial charge is 0.239 e. The number of benzene rings is 1. The lowest BCUT2D eigenvalue weighted by Gasteiger charge is -2.26. The maximum Gasteiger partial charge on any atom is 0.239 e. The fourth-order valence-electron chi connectivity index (χ4n) is 3.56. The topological polar surface area (TPSA) is 60.0 Å². The van der Waals surface area contributed by atoms with E-state index in [9.17, 15) is 4.79 Å². The number of aryl methyl sites for hydroxylation is 1. The van der Waals surface area contributed by atoms with Crippen LogP contribution >= 0.6 is 35.7 Å². The Balaban J connectivity index is 0.00000420. The number of halogens is 1. The first kappa shape index (κ1) is 26.0. The molecule has 0 aromatic heterocycles. The molecule has 2 rings (SSSR count). The molecule has 29 heavy (non-hydrogen) atoms. The van der Waals surface area contributed by atoms with E-state index in [4.69, 9.17) is 0 Å². The summed E-state index contributed by atoms with van der Waals surface area (Å²) in [5, 5.41) is 6.79. The maximum atomic E-state index is 12.3. The lowest BCUT2D eigenvalue weighted by molar-refractivity contribution is -0.133. The highest BCUT2D eigenvalue weighted by atomic mass is 127. The molecule has 1 fully saturated rings. The van der Waals surface area contributed by atoms with Gasteiger partial charge in [0.15, 0.2) is 5.96 Å². The number of aliphatic imine (C=N–C) groups is 1. The van der Waals surface area contributed by atoms with Crippen molar-refractivity contribution in [1.29, 1.82) is 0 Å². The minimum absolute atomic E-state index is 0. The molecule has 0 radical (unpaired) electrons. The number of nitrogens with one attached hydrogen (secondary N) is 2. The van der Waals surface area contributed by atoms with Gasteiger partial charge in [0.05, 0.1) is 6.04 Å². The average molecular weight is 534 g/mol. The van der Waals surface area contributed by atoms with E-state index >= 15 is 0 Å². The van der Waals surface area contributed by atoms with Crippen molar-refractivity contribution in [3.8, 4) is 0 Å². The molecule has 6 nitrogen and oxygen atoms in total. The Morgan fingerprint density at radius 3 is 2.76 bits per heavy atom. The third-order valence-electron chi connectivity index (χ3n) is 5.12. The number of rotatable bonds is 8. The van der Waals surface area contributed by atoms with Crippen LogP contribution in [0, 0.1) is 6.92 Å². The molecule has 0 spiro atoms. The number of likely N-dealkylation sites (N-methyl/N-ethyl adjacent to an activating group) is 1. The molecule has 2 N–H and O–H groups in total. The molecule has 1 saturated heterocycles. The van der Waals surface area contributed by atoms with Crippen molar-refractivity contribution in [2.24, 2.45) is 4.99 Å². The summed E-state index contributed by atoms with van der Waals surface area (Å²) in [4.78, 5) is 21.9. The lowest BCUT2D eigenvalue weighted by atomic mass is 10.1. The van der Waals surface area contributed by atoms with Crippen molar-refractivity contribution in [3.63, 3.8) is 0 Å². The summed E-state index contributed by atoms with van der Waals surface area (Å²) < 4.78 is 0. The van der Waals surface area contributed by atoms with Gasteiger partial charge in [-0.1, -0.05) is 12.1 Å². The van der Waals surface area contributed by atoms with Gasteiger partial charge in [0.1, 0.15) is 0 Å². The standard InChI is InChI=1S/C21H35N5OS.HI/c1-16-9-10-17(19(14-16)28-5)15-24-21(22-2)23-11-7-13-26-12-6-8-18(26)20(27)25(3)4;/h9-10,14,18H,6-8,11-13,15H2,1-5H3,(H2,22,23,24);1H. The highest BCUT2D eigenvalue weighted by Crippen LogP contribution is 2.21. The van der Waals surface area contributed by atoms with E-state index in [2.05, 4.69) is 51.9 Å². The van der Waals surface area contributed by atoms with E-state index in [0.29, 0.717) is 0 Å². The first-order chi connectivity index (χ1) is 13.5. The average Bonchev–Trinajstić information content (AvgIpc) is 3.15. The summed E-state index contributed by atoms with van der Waals surface area (Å²) in [6, 6.07) is 6.60. The van der Waals surface area contributed by atoms with Gasteiger partial charge >= 0.3 is 0 Å². The van der Waals surface area contributed by atoms with Crippen LogP contribution in [0.25, 0.3) is 0 Å². The van der Waals surface area contributed by atoms with E-state index in [0.717, 1.165) is 51.4 Å². The number of amides is 1. The Kier molecular flexibility index (Phi) is 12.0. The largest absolute Gasteiger partial charge is 0.356 e. The molecule has 1 heterocycles. The minimum Gasteiger partial charge on any atom is -0.356 e. The second kappa shape index (κ2) is 13.3. The molecule has 1 amide bonds. The Morgan fingerprint density at radius 2 is 2.10 bits per heavy atom. The Labute approximate surface area is 197 Å². The molecule has 1 atom stereocenters. The Morgan fingerprint density at radius 1 is 1.34 bits per heavy atom. The third-order valence-corrected chi connectivity index (χ3v) is 5.94. The number of carbonyl (C=O) groups is 1. The third kappa shape index (κ3) is 7.97. The number of likely N-dealkylation sites (tertiary alicyclic amines) is 1. The van der Waals surface area contributed by atoms with Crippen molar-refractivity contribution in [1.82, 2.24) is 20.4 Å². The van der Waals surface area contributed by atoms with Crippen LogP contribution in [0.4, 0.5) is 0 Å². The maximum absolute atomic E-state index is 12.3. The van der Waals surface area contributed by atoms with Crippen LogP contribution in [0.15, 0.2) is 28.1 Å².